The summed E-state index contributed by atoms with van der Waals surface area (Å²) in [5.74, 6) is 0. The van der Waals surface area contributed by atoms with E-state index in [1.165, 1.54) is 19.3 Å². The van der Waals surface area contributed by atoms with Gasteiger partial charge in [0.2, 0.25) is 0 Å². The zero-order chi connectivity index (χ0) is 14.0. The summed E-state index contributed by atoms with van der Waals surface area (Å²) in [6.45, 7) is 10.6. The molecule has 0 radical (unpaired) electrons. The Morgan fingerprint density at radius 1 is 1.22 bits per heavy atom. The lowest BCUT2D eigenvalue weighted by atomic mass is 9.96. The lowest BCUT2D eigenvalue weighted by Gasteiger charge is -2.27. The van der Waals surface area contributed by atoms with Crippen molar-refractivity contribution in [2.45, 2.75) is 71.4 Å². The normalized spacial score (nSPS) is 14.8. The van der Waals surface area contributed by atoms with Gasteiger partial charge in [0.25, 0.3) is 0 Å². The Morgan fingerprint density at radius 2 is 1.83 bits per heavy atom. The fourth-order valence-corrected chi connectivity index (χ4v) is 2.51. The second kappa shape index (κ2) is 9.35. The van der Waals surface area contributed by atoms with Crippen LogP contribution in [0.15, 0.2) is 0 Å². The number of hydrogen-bond donors (Lipinski definition) is 1. The molecule has 0 aliphatic rings. The van der Waals surface area contributed by atoms with Gasteiger partial charge in [0.15, 0.2) is 0 Å². The van der Waals surface area contributed by atoms with E-state index in [1.54, 1.807) is 0 Å². The molecule has 0 fully saturated rings. The zero-order valence-corrected chi connectivity index (χ0v) is 12.9. The van der Waals surface area contributed by atoms with Crippen LogP contribution in [0, 0.1) is 11.3 Å². The number of nitrogens with one attached hydrogen (secondary N) is 1. The molecular weight excluding hydrogens is 222 g/mol. The van der Waals surface area contributed by atoms with Crippen LogP contribution in [0.25, 0.3) is 0 Å². The minimum atomic E-state index is -0.345. The number of nitriles is 1. The van der Waals surface area contributed by atoms with Crippen LogP contribution < -0.4 is 5.32 Å². The Bertz CT molecular complexity index is 243. The van der Waals surface area contributed by atoms with Crippen LogP contribution >= 0.6 is 0 Å². The van der Waals surface area contributed by atoms with E-state index in [-0.39, 0.29) is 5.54 Å². The Labute approximate surface area is 114 Å². The van der Waals surface area contributed by atoms with Gasteiger partial charge < -0.3 is 4.90 Å². The lowest BCUT2D eigenvalue weighted by Crippen LogP contribution is -2.40. The van der Waals surface area contributed by atoms with E-state index in [2.05, 4.69) is 44.1 Å². The highest BCUT2D eigenvalue weighted by Crippen LogP contribution is 2.14. The van der Waals surface area contributed by atoms with E-state index in [9.17, 15) is 0 Å². The van der Waals surface area contributed by atoms with Crippen molar-refractivity contribution in [3.05, 3.63) is 0 Å². The summed E-state index contributed by atoms with van der Waals surface area (Å²) >= 11 is 0. The predicted molar refractivity (Wildman–Crippen MR) is 78.5 cm³/mol. The summed E-state index contributed by atoms with van der Waals surface area (Å²) in [4.78, 5) is 2.46. The quantitative estimate of drug-likeness (QED) is 0.608. The highest BCUT2D eigenvalue weighted by Gasteiger charge is 2.21. The van der Waals surface area contributed by atoms with Gasteiger partial charge in [-0.2, -0.15) is 5.26 Å². The van der Waals surface area contributed by atoms with Crippen molar-refractivity contribution >= 4 is 0 Å². The van der Waals surface area contributed by atoms with Gasteiger partial charge in [-0.1, -0.05) is 20.8 Å². The molecule has 0 spiro atoms. The van der Waals surface area contributed by atoms with Crippen LogP contribution in [0.5, 0.6) is 0 Å². The summed E-state index contributed by atoms with van der Waals surface area (Å²) in [6.07, 6.45) is 5.67. The standard InChI is InChI=1S/C15H31N3/c1-6-14(7-2)18(5)12-10-9-11-15(4,13-16)17-8-3/h14,17H,6-12H2,1-5H3. The maximum Gasteiger partial charge on any atom is 0.103 e. The molecule has 0 aromatic heterocycles. The summed E-state index contributed by atoms with van der Waals surface area (Å²) in [7, 11) is 2.21. The first-order valence-corrected chi connectivity index (χ1v) is 7.39. The molecule has 3 heteroatoms. The van der Waals surface area contributed by atoms with Crippen molar-refractivity contribution in [2.75, 3.05) is 20.1 Å². The summed E-state index contributed by atoms with van der Waals surface area (Å²) in [5, 5.41) is 12.4. The molecule has 0 aliphatic heterocycles. The summed E-state index contributed by atoms with van der Waals surface area (Å²) < 4.78 is 0. The van der Waals surface area contributed by atoms with E-state index in [4.69, 9.17) is 5.26 Å². The van der Waals surface area contributed by atoms with Gasteiger partial charge in [0.05, 0.1) is 6.07 Å². The molecule has 18 heavy (non-hydrogen) atoms. The molecule has 0 heterocycles. The van der Waals surface area contributed by atoms with Gasteiger partial charge in [-0.05, 0) is 59.2 Å². The Balaban J connectivity index is 3.88. The second-order valence-electron chi connectivity index (χ2n) is 5.38. The fraction of sp³-hybridized carbons (Fsp3) is 0.933. The largest absolute Gasteiger partial charge is 0.303 e. The van der Waals surface area contributed by atoms with Crippen LogP contribution in [-0.4, -0.2) is 36.6 Å². The number of nitrogens with zero attached hydrogens (tertiary/aromatic N) is 2. The molecule has 1 unspecified atom stereocenters. The first kappa shape index (κ1) is 17.4. The van der Waals surface area contributed by atoms with E-state index < -0.39 is 0 Å². The first-order valence-electron chi connectivity index (χ1n) is 7.39. The van der Waals surface area contributed by atoms with Crippen molar-refractivity contribution in [3.63, 3.8) is 0 Å². The van der Waals surface area contributed by atoms with Gasteiger partial charge in [-0.15, -0.1) is 0 Å². The lowest BCUT2D eigenvalue weighted by molar-refractivity contribution is 0.223. The van der Waals surface area contributed by atoms with Gasteiger partial charge >= 0.3 is 0 Å². The average Bonchev–Trinajstić information content (AvgIpc) is 2.36. The molecule has 0 saturated carbocycles. The molecule has 1 atom stereocenters. The van der Waals surface area contributed by atoms with Crippen LogP contribution in [-0.2, 0) is 0 Å². The third kappa shape index (κ3) is 6.37. The first-order chi connectivity index (χ1) is 8.52. The second-order valence-corrected chi connectivity index (χ2v) is 5.38. The maximum absolute atomic E-state index is 9.17. The molecule has 0 bridgehead atoms. The van der Waals surface area contributed by atoms with Crippen molar-refractivity contribution < 1.29 is 0 Å². The van der Waals surface area contributed by atoms with E-state index >= 15 is 0 Å². The van der Waals surface area contributed by atoms with E-state index in [0.29, 0.717) is 6.04 Å². The summed E-state index contributed by atoms with van der Waals surface area (Å²) in [6, 6.07) is 3.10. The minimum absolute atomic E-state index is 0.345. The van der Waals surface area contributed by atoms with Gasteiger partial charge in [-0.3, -0.25) is 5.32 Å². The Kier molecular flexibility index (Phi) is 9.05. The van der Waals surface area contributed by atoms with E-state index in [0.717, 1.165) is 25.9 Å². The Morgan fingerprint density at radius 3 is 2.28 bits per heavy atom. The molecule has 0 rings (SSSR count). The van der Waals surface area contributed by atoms with Crippen molar-refractivity contribution in [3.8, 4) is 6.07 Å². The molecule has 0 aromatic carbocycles. The molecular formula is C15H31N3. The van der Waals surface area contributed by atoms with Crippen molar-refractivity contribution in [1.29, 1.82) is 5.26 Å². The van der Waals surface area contributed by atoms with Crippen LogP contribution in [0.1, 0.15) is 59.8 Å². The molecule has 0 aliphatic carbocycles. The number of rotatable bonds is 10. The zero-order valence-electron chi connectivity index (χ0n) is 12.9. The smallest absolute Gasteiger partial charge is 0.103 e. The van der Waals surface area contributed by atoms with Crippen LogP contribution in [0.2, 0.25) is 0 Å². The topological polar surface area (TPSA) is 39.1 Å². The minimum Gasteiger partial charge on any atom is -0.303 e. The highest BCUT2D eigenvalue weighted by atomic mass is 15.1. The molecule has 106 valence electrons. The molecule has 0 saturated heterocycles. The third-order valence-electron chi connectivity index (χ3n) is 3.82. The molecule has 1 N–H and O–H groups in total. The third-order valence-corrected chi connectivity index (χ3v) is 3.82. The van der Waals surface area contributed by atoms with Crippen LogP contribution in [0.3, 0.4) is 0 Å². The molecule has 0 aromatic rings. The fourth-order valence-electron chi connectivity index (χ4n) is 2.51. The number of hydrogen-bond acceptors (Lipinski definition) is 3. The summed E-state index contributed by atoms with van der Waals surface area (Å²) in [5.41, 5.74) is -0.345. The Hall–Kier alpha value is -0.590. The highest BCUT2D eigenvalue weighted by molar-refractivity contribution is 5.03. The predicted octanol–water partition coefficient (Wildman–Crippen LogP) is 3.17. The van der Waals surface area contributed by atoms with Crippen molar-refractivity contribution in [1.82, 2.24) is 10.2 Å². The average molecular weight is 253 g/mol. The number of unbranched alkanes of at least 4 members (excludes halogenated alkanes) is 1. The maximum atomic E-state index is 9.17. The SMILES string of the molecule is CCNC(C)(C#N)CCCCN(C)C(CC)CC. The molecule has 3 nitrogen and oxygen atoms in total. The van der Waals surface area contributed by atoms with E-state index in [1.807, 2.05) is 6.92 Å². The monoisotopic (exact) mass is 253 g/mol. The van der Waals surface area contributed by atoms with Crippen LogP contribution in [0.4, 0.5) is 0 Å². The van der Waals surface area contributed by atoms with Gasteiger partial charge in [0.1, 0.15) is 5.54 Å². The van der Waals surface area contributed by atoms with Crippen molar-refractivity contribution in [2.24, 2.45) is 0 Å². The van der Waals surface area contributed by atoms with Gasteiger partial charge in [0, 0.05) is 6.04 Å². The van der Waals surface area contributed by atoms with Gasteiger partial charge in [-0.25, -0.2) is 0 Å². The molecule has 0 amide bonds.